The van der Waals surface area contributed by atoms with Crippen LogP contribution in [-0.2, 0) is 25.6 Å². The minimum Gasteiger partial charge on any atom is -0.480 e. The first kappa shape index (κ1) is 27.5. The number of aliphatic carboxylic acids is 1. The van der Waals surface area contributed by atoms with Crippen LogP contribution in [0.25, 0.3) is 10.9 Å². The fourth-order valence-electron chi connectivity index (χ4n) is 3.14. The highest BCUT2D eigenvalue weighted by Crippen LogP contribution is 2.19. The highest BCUT2D eigenvalue weighted by Gasteiger charge is 2.30. The van der Waals surface area contributed by atoms with Gasteiger partial charge in [-0.05, 0) is 18.6 Å². The number of H-pyrrole nitrogens is 1. The lowest BCUT2D eigenvalue weighted by Gasteiger charge is -2.24. The van der Waals surface area contributed by atoms with Crippen molar-refractivity contribution in [3.63, 3.8) is 0 Å². The fraction of sp³-hybridized carbons (Fsp3) is 0.429. The summed E-state index contributed by atoms with van der Waals surface area (Å²) >= 11 is 7.98. The number of carboxylic acid groups (broad SMARTS) is 1. The van der Waals surface area contributed by atoms with Crippen LogP contribution < -0.4 is 21.7 Å². The van der Waals surface area contributed by atoms with E-state index >= 15 is 0 Å². The van der Waals surface area contributed by atoms with Crippen LogP contribution in [0.4, 0.5) is 0 Å². The zero-order chi connectivity index (χ0) is 25.4. The third kappa shape index (κ3) is 7.13. The molecular formula is C21H29N5O6S2. The first-order valence-electron chi connectivity index (χ1n) is 10.4. The van der Waals surface area contributed by atoms with Gasteiger partial charge in [0.1, 0.15) is 24.2 Å². The predicted molar refractivity (Wildman–Crippen MR) is 133 cm³/mol. The summed E-state index contributed by atoms with van der Waals surface area (Å²) in [6, 6.07) is 2.55. The third-order valence-corrected chi connectivity index (χ3v) is 5.90. The average molecular weight is 512 g/mol. The van der Waals surface area contributed by atoms with Crippen molar-refractivity contribution >= 4 is 59.9 Å². The maximum atomic E-state index is 13.1. The second-order valence-corrected chi connectivity index (χ2v) is 8.45. The number of aliphatic hydroxyl groups excluding tert-OH is 1. The fourth-order valence-corrected chi connectivity index (χ4v) is 3.65. The van der Waals surface area contributed by atoms with E-state index in [0.717, 1.165) is 16.5 Å². The van der Waals surface area contributed by atoms with Crippen molar-refractivity contribution in [3.05, 3.63) is 36.0 Å². The van der Waals surface area contributed by atoms with Gasteiger partial charge in [0.2, 0.25) is 17.7 Å². The van der Waals surface area contributed by atoms with Gasteiger partial charge in [-0.1, -0.05) is 18.2 Å². The Labute approximate surface area is 207 Å². The Morgan fingerprint density at radius 3 is 2.12 bits per heavy atom. The molecule has 0 radical (unpaired) electrons. The van der Waals surface area contributed by atoms with Gasteiger partial charge in [0.05, 0.1) is 6.10 Å². The van der Waals surface area contributed by atoms with Crippen LogP contribution in [0.3, 0.4) is 0 Å². The van der Waals surface area contributed by atoms with Gasteiger partial charge in [-0.3, -0.25) is 14.4 Å². The van der Waals surface area contributed by atoms with Gasteiger partial charge in [-0.25, -0.2) is 4.79 Å². The Balaban J connectivity index is 2.24. The van der Waals surface area contributed by atoms with Gasteiger partial charge in [0.25, 0.3) is 0 Å². The molecule has 0 saturated heterocycles. The number of hydrogen-bond acceptors (Lipinski definition) is 8. The Morgan fingerprint density at radius 2 is 1.53 bits per heavy atom. The Hall–Kier alpha value is -2.74. The molecule has 186 valence electrons. The van der Waals surface area contributed by atoms with E-state index in [1.807, 2.05) is 24.3 Å². The van der Waals surface area contributed by atoms with Crippen LogP contribution in [0.2, 0.25) is 0 Å². The van der Waals surface area contributed by atoms with Crippen molar-refractivity contribution in [1.29, 1.82) is 0 Å². The van der Waals surface area contributed by atoms with Crippen LogP contribution >= 0.6 is 25.3 Å². The van der Waals surface area contributed by atoms with Crippen LogP contribution in [0, 0.1) is 0 Å². The molecule has 0 saturated carbocycles. The van der Waals surface area contributed by atoms with Gasteiger partial charge < -0.3 is 36.9 Å². The number of thiol groups is 2. The minimum absolute atomic E-state index is 0.0589. The number of nitrogens with one attached hydrogen (secondary N) is 4. The molecule has 5 unspecified atom stereocenters. The second kappa shape index (κ2) is 12.6. The summed E-state index contributed by atoms with van der Waals surface area (Å²) in [6.45, 7) is 1.35. The molecule has 8 N–H and O–H groups in total. The van der Waals surface area contributed by atoms with E-state index in [4.69, 9.17) is 10.8 Å². The second-order valence-electron chi connectivity index (χ2n) is 7.72. The number of aliphatic hydroxyl groups is 1. The first-order valence-corrected chi connectivity index (χ1v) is 11.7. The van der Waals surface area contributed by atoms with Crippen molar-refractivity contribution in [2.24, 2.45) is 5.73 Å². The molecule has 2 aromatic rings. The number of carboxylic acids is 1. The maximum absolute atomic E-state index is 13.1. The number of aromatic nitrogens is 1. The number of carbonyl (C=O) groups is 4. The van der Waals surface area contributed by atoms with Crippen molar-refractivity contribution in [3.8, 4) is 0 Å². The van der Waals surface area contributed by atoms with E-state index in [0.29, 0.717) is 0 Å². The topological polar surface area (TPSA) is 187 Å². The average Bonchev–Trinajstić information content (AvgIpc) is 3.22. The van der Waals surface area contributed by atoms with Crippen molar-refractivity contribution in [1.82, 2.24) is 20.9 Å². The molecule has 1 heterocycles. The van der Waals surface area contributed by atoms with Crippen molar-refractivity contribution in [2.45, 2.75) is 43.6 Å². The number of fused-ring (bicyclic) bond motifs is 1. The maximum Gasteiger partial charge on any atom is 0.327 e. The summed E-state index contributed by atoms with van der Waals surface area (Å²) in [5.74, 6) is -3.76. The molecule has 1 aromatic carbocycles. The molecule has 3 amide bonds. The molecule has 0 aliphatic rings. The van der Waals surface area contributed by atoms with E-state index in [1.165, 1.54) is 6.92 Å². The summed E-state index contributed by atoms with van der Waals surface area (Å²) in [4.78, 5) is 52.4. The molecule has 0 aliphatic carbocycles. The lowest BCUT2D eigenvalue weighted by molar-refractivity contribution is -0.141. The molecule has 1 aromatic heterocycles. The van der Waals surface area contributed by atoms with Gasteiger partial charge in [0.15, 0.2) is 0 Å². The molecule has 11 nitrogen and oxygen atoms in total. The highest BCUT2D eigenvalue weighted by atomic mass is 32.1. The SMILES string of the molecule is CC(O)C(N)C(=O)NC(Cc1c[nH]c2ccccc12)C(=O)NC(CS)C(=O)NC(CS)C(=O)O. The first-order chi connectivity index (χ1) is 16.1. The molecule has 0 aliphatic heterocycles. The molecule has 13 heteroatoms. The standard InChI is InChI=1S/C21H29N5O6S2/c1-10(27)17(22)20(30)24-14(6-11-7-23-13-5-3-2-4-12(11)13)18(28)25-15(8-33)19(29)26-16(9-34)21(31)32/h2-5,7,10,14-17,23,27,33-34H,6,8-9,22H2,1H3,(H,24,30)(H,25,28)(H,26,29)(H,31,32). The van der Waals surface area contributed by atoms with Crippen LogP contribution in [0.5, 0.6) is 0 Å². The van der Waals surface area contributed by atoms with Gasteiger partial charge in [0, 0.05) is 35.0 Å². The summed E-state index contributed by atoms with van der Waals surface area (Å²) in [7, 11) is 0. The number of amides is 3. The largest absolute Gasteiger partial charge is 0.480 e. The third-order valence-electron chi connectivity index (χ3n) is 5.17. The van der Waals surface area contributed by atoms with Gasteiger partial charge >= 0.3 is 5.97 Å². The van der Waals surface area contributed by atoms with Crippen LogP contribution in [-0.4, -0.2) is 80.7 Å². The minimum atomic E-state index is -1.27. The lowest BCUT2D eigenvalue weighted by Crippen LogP contribution is -2.59. The van der Waals surface area contributed by atoms with Gasteiger partial charge in [-0.2, -0.15) is 25.3 Å². The van der Waals surface area contributed by atoms with E-state index in [1.54, 1.807) is 6.20 Å². The van der Waals surface area contributed by atoms with Gasteiger partial charge in [-0.15, -0.1) is 0 Å². The molecule has 2 rings (SSSR count). The van der Waals surface area contributed by atoms with Crippen LogP contribution in [0.1, 0.15) is 12.5 Å². The van der Waals surface area contributed by atoms with Crippen molar-refractivity contribution in [2.75, 3.05) is 11.5 Å². The van der Waals surface area contributed by atoms with Crippen molar-refractivity contribution < 1.29 is 29.4 Å². The molecule has 34 heavy (non-hydrogen) atoms. The molecule has 0 bridgehead atoms. The number of aromatic amines is 1. The zero-order valence-electron chi connectivity index (χ0n) is 18.4. The number of hydrogen-bond donors (Lipinski definition) is 9. The van der Waals surface area contributed by atoms with E-state index in [-0.39, 0.29) is 17.9 Å². The summed E-state index contributed by atoms with van der Waals surface area (Å²) < 4.78 is 0. The van der Waals surface area contributed by atoms with E-state index in [9.17, 15) is 24.3 Å². The zero-order valence-corrected chi connectivity index (χ0v) is 20.2. The number of para-hydroxylation sites is 1. The smallest absolute Gasteiger partial charge is 0.327 e. The quantitative estimate of drug-likeness (QED) is 0.160. The summed E-state index contributed by atoms with van der Waals surface area (Å²) in [5.41, 5.74) is 7.27. The monoisotopic (exact) mass is 511 g/mol. The normalized spacial score (nSPS) is 15.6. The molecule has 5 atom stereocenters. The Kier molecular flexibility index (Phi) is 10.2. The predicted octanol–water partition coefficient (Wildman–Crippen LogP) is -1.18. The van der Waals surface area contributed by atoms with Crippen LogP contribution in [0.15, 0.2) is 30.5 Å². The lowest BCUT2D eigenvalue weighted by atomic mass is 10.0. The summed E-state index contributed by atoms with van der Waals surface area (Å²) in [5, 5.41) is 26.9. The molecular weight excluding hydrogens is 482 g/mol. The Morgan fingerprint density at radius 1 is 0.971 bits per heavy atom. The Bertz CT molecular complexity index is 1030. The van der Waals surface area contributed by atoms with E-state index < -0.39 is 54.0 Å². The number of nitrogens with two attached hydrogens (primary N) is 1. The number of benzene rings is 1. The highest BCUT2D eigenvalue weighted by molar-refractivity contribution is 7.80. The van der Waals surface area contributed by atoms with E-state index in [2.05, 4.69) is 46.2 Å². The number of rotatable bonds is 12. The molecule has 0 spiro atoms. The summed E-state index contributed by atoms with van der Waals surface area (Å²) in [6.07, 6.45) is 0.615. The number of carbonyl (C=O) groups excluding carboxylic acids is 3. The molecule has 0 fully saturated rings.